The zero-order valence-corrected chi connectivity index (χ0v) is 11.2. The molecule has 0 saturated heterocycles. The Hall–Kier alpha value is -0.550. The van der Waals surface area contributed by atoms with Crippen molar-refractivity contribution < 1.29 is 0 Å². The number of halogens is 3. The third-order valence-electron chi connectivity index (χ3n) is 2.09. The van der Waals surface area contributed by atoms with Crippen LogP contribution < -0.4 is 5.73 Å². The third kappa shape index (κ3) is 2.25. The first-order valence-corrected chi connectivity index (χ1v) is 6.06. The van der Waals surface area contributed by atoms with Crippen molar-refractivity contribution in [3.05, 3.63) is 44.6 Å². The van der Waals surface area contributed by atoms with E-state index in [1.165, 1.54) is 0 Å². The highest BCUT2D eigenvalue weighted by Gasteiger charge is 2.09. The van der Waals surface area contributed by atoms with Gasteiger partial charge in [0.1, 0.15) is 0 Å². The van der Waals surface area contributed by atoms with Crippen LogP contribution in [0.5, 0.6) is 0 Å². The van der Waals surface area contributed by atoms with Crippen molar-refractivity contribution in [2.45, 2.75) is 6.54 Å². The Kier molecular flexibility index (Phi) is 3.54. The van der Waals surface area contributed by atoms with E-state index in [-0.39, 0.29) is 0 Å². The van der Waals surface area contributed by atoms with E-state index in [1.807, 2.05) is 0 Å². The molecule has 0 atom stereocenters. The van der Waals surface area contributed by atoms with Gasteiger partial charge in [-0.05, 0) is 34.1 Å². The van der Waals surface area contributed by atoms with E-state index in [2.05, 4.69) is 21.0 Å². The molecule has 1 heterocycles. The lowest BCUT2D eigenvalue weighted by Gasteiger charge is -2.04. The highest BCUT2D eigenvalue weighted by Crippen LogP contribution is 2.26. The van der Waals surface area contributed by atoms with E-state index < -0.39 is 0 Å². The van der Waals surface area contributed by atoms with Gasteiger partial charge >= 0.3 is 0 Å². The van der Waals surface area contributed by atoms with Crippen molar-refractivity contribution in [2.24, 2.45) is 5.73 Å². The summed E-state index contributed by atoms with van der Waals surface area (Å²) in [6, 6.07) is 5.22. The Bertz CT molecular complexity index is 525. The van der Waals surface area contributed by atoms with Crippen LogP contribution in [0.4, 0.5) is 0 Å². The summed E-state index contributed by atoms with van der Waals surface area (Å²) in [5.74, 6) is 0. The average molecular weight is 321 g/mol. The number of hydrogen-bond donors (Lipinski definition) is 1. The second-order valence-electron chi connectivity index (χ2n) is 3.17. The van der Waals surface area contributed by atoms with Gasteiger partial charge in [0, 0.05) is 17.8 Å². The topological polar surface area (TPSA) is 43.8 Å². The smallest absolute Gasteiger partial charge is 0.0906 e. The zero-order valence-electron chi connectivity index (χ0n) is 8.12. The molecule has 2 aromatic rings. The van der Waals surface area contributed by atoms with Crippen LogP contribution >= 0.6 is 39.1 Å². The summed E-state index contributed by atoms with van der Waals surface area (Å²) >= 11 is 15.4. The second kappa shape index (κ2) is 4.75. The summed E-state index contributed by atoms with van der Waals surface area (Å²) in [6.07, 6.45) is 1.81. The van der Waals surface area contributed by atoms with Crippen LogP contribution in [0.25, 0.3) is 5.69 Å². The Balaban J connectivity index is 2.53. The lowest BCUT2D eigenvalue weighted by molar-refractivity contribution is 0.833. The Morgan fingerprint density at radius 2 is 2.12 bits per heavy atom. The van der Waals surface area contributed by atoms with Gasteiger partial charge in [0.05, 0.1) is 20.9 Å². The van der Waals surface area contributed by atoms with Gasteiger partial charge in [-0.2, -0.15) is 5.10 Å². The quantitative estimate of drug-likeness (QED) is 0.921. The van der Waals surface area contributed by atoms with Gasteiger partial charge in [0.2, 0.25) is 0 Å². The molecule has 0 spiro atoms. The Morgan fingerprint density at radius 3 is 2.75 bits per heavy atom. The van der Waals surface area contributed by atoms with Gasteiger partial charge in [0.25, 0.3) is 0 Å². The minimum absolute atomic E-state index is 0.367. The Morgan fingerprint density at radius 1 is 1.38 bits per heavy atom. The van der Waals surface area contributed by atoms with E-state index in [1.54, 1.807) is 29.1 Å². The summed E-state index contributed by atoms with van der Waals surface area (Å²) in [4.78, 5) is 0. The zero-order chi connectivity index (χ0) is 11.7. The SMILES string of the molecule is NCc1nn(-c2cc(Cl)ccc2Cl)cc1Br. The maximum absolute atomic E-state index is 6.07. The van der Waals surface area contributed by atoms with Gasteiger partial charge in [-0.3, -0.25) is 0 Å². The molecule has 0 unspecified atom stereocenters. The fraction of sp³-hybridized carbons (Fsp3) is 0.100. The molecule has 1 aromatic heterocycles. The maximum Gasteiger partial charge on any atom is 0.0906 e. The van der Waals surface area contributed by atoms with Crippen LogP contribution in [0.3, 0.4) is 0 Å². The van der Waals surface area contributed by atoms with Crippen molar-refractivity contribution >= 4 is 39.1 Å². The van der Waals surface area contributed by atoms with Gasteiger partial charge in [-0.1, -0.05) is 23.2 Å². The predicted molar refractivity (Wildman–Crippen MR) is 69.2 cm³/mol. The number of aromatic nitrogens is 2. The Labute approximate surface area is 111 Å². The molecule has 0 aliphatic heterocycles. The number of rotatable bonds is 2. The number of hydrogen-bond acceptors (Lipinski definition) is 2. The molecule has 2 rings (SSSR count). The van der Waals surface area contributed by atoms with E-state index in [0.717, 1.165) is 15.9 Å². The maximum atomic E-state index is 6.07. The number of nitrogens with zero attached hydrogens (tertiary/aromatic N) is 2. The molecule has 0 radical (unpaired) electrons. The van der Waals surface area contributed by atoms with E-state index >= 15 is 0 Å². The standard InChI is InChI=1S/C10H8BrCl2N3/c11-7-5-16(15-9(7)4-14)10-3-6(12)1-2-8(10)13/h1-3,5H,4,14H2. The summed E-state index contributed by atoms with van der Waals surface area (Å²) < 4.78 is 2.51. The van der Waals surface area contributed by atoms with E-state index in [0.29, 0.717) is 16.6 Å². The number of benzene rings is 1. The van der Waals surface area contributed by atoms with Crippen LogP contribution in [0, 0.1) is 0 Å². The summed E-state index contributed by atoms with van der Waals surface area (Å²) in [7, 11) is 0. The summed E-state index contributed by atoms with van der Waals surface area (Å²) in [5, 5.41) is 5.50. The van der Waals surface area contributed by atoms with Crippen molar-refractivity contribution in [1.29, 1.82) is 0 Å². The van der Waals surface area contributed by atoms with Crippen molar-refractivity contribution in [3.8, 4) is 5.69 Å². The molecule has 0 aliphatic rings. The van der Waals surface area contributed by atoms with E-state index in [9.17, 15) is 0 Å². The lowest BCUT2D eigenvalue weighted by atomic mass is 10.3. The minimum Gasteiger partial charge on any atom is -0.325 e. The lowest BCUT2D eigenvalue weighted by Crippen LogP contribution is -2.01. The molecule has 1 aromatic carbocycles. The summed E-state index contributed by atoms with van der Waals surface area (Å²) in [6.45, 7) is 0.367. The molecule has 0 bridgehead atoms. The van der Waals surface area contributed by atoms with Gasteiger partial charge in [-0.25, -0.2) is 4.68 Å². The van der Waals surface area contributed by atoms with Crippen LogP contribution in [0.2, 0.25) is 10.0 Å². The molecule has 2 N–H and O–H groups in total. The third-order valence-corrected chi connectivity index (χ3v) is 3.31. The van der Waals surface area contributed by atoms with Gasteiger partial charge in [0.15, 0.2) is 0 Å². The average Bonchev–Trinajstić information content (AvgIpc) is 2.63. The van der Waals surface area contributed by atoms with Crippen LogP contribution in [-0.2, 0) is 6.54 Å². The van der Waals surface area contributed by atoms with Crippen LogP contribution in [0.15, 0.2) is 28.9 Å². The fourth-order valence-electron chi connectivity index (χ4n) is 1.31. The summed E-state index contributed by atoms with van der Waals surface area (Å²) in [5.41, 5.74) is 7.05. The first-order valence-electron chi connectivity index (χ1n) is 4.51. The normalized spacial score (nSPS) is 10.8. The monoisotopic (exact) mass is 319 g/mol. The highest BCUT2D eigenvalue weighted by atomic mass is 79.9. The molecule has 0 amide bonds. The molecule has 16 heavy (non-hydrogen) atoms. The number of nitrogens with two attached hydrogens (primary N) is 1. The largest absolute Gasteiger partial charge is 0.325 e. The highest BCUT2D eigenvalue weighted by molar-refractivity contribution is 9.10. The molecule has 3 nitrogen and oxygen atoms in total. The second-order valence-corrected chi connectivity index (χ2v) is 4.87. The van der Waals surface area contributed by atoms with Crippen molar-refractivity contribution in [2.75, 3.05) is 0 Å². The molecule has 0 saturated carbocycles. The van der Waals surface area contributed by atoms with Crippen molar-refractivity contribution in [1.82, 2.24) is 9.78 Å². The first-order chi connectivity index (χ1) is 7.61. The van der Waals surface area contributed by atoms with Crippen molar-refractivity contribution in [3.63, 3.8) is 0 Å². The van der Waals surface area contributed by atoms with Crippen LogP contribution in [-0.4, -0.2) is 9.78 Å². The molecule has 6 heteroatoms. The van der Waals surface area contributed by atoms with Gasteiger partial charge in [-0.15, -0.1) is 0 Å². The molecular formula is C10H8BrCl2N3. The van der Waals surface area contributed by atoms with Crippen LogP contribution in [0.1, 0.15) is 5.69 Å². The molecule has 0 aliphatic carbocycles. The van der Waals surface area contributed by atoms with E-state index in [4.69, 9.17) is 28.9 Å². The molecular weight excluding hydrogens is 313 g/mol. The minimum atomic E-state index is 0.367. The van der Waals surface area contributed by atoms with Gasteiger partial charge < -0.3 is 5.73 Å². The molecule has 0 fully saturated rings. The predicted octanol–water partition coefficient (Wildman–Crippen LogP) is 3.40. The first kappa shape index (κ1) is 11.9. The molecule has 84 valence electrons. The fourth-order valence-corrected chi connectivity index (χ4v) is 2.12.